The molecule has 1 heterocycles. The Balaban J connectivity index is 1.89. The van der Waals surface area contributed by atoms with Crippen molar-refractivity contribution in [3.63, 3.8) is 0 Å². The molecule has 1 amide bonds. The predicted octanol–water partition coefficient (Wildman–Crippen LogP) is 2.68. The highest BCUT2D eigenvalue weighted by molar-refractivity contribution is 7.12. The predicted molar refractivity (Wildman–Crippen MR) is 74.5 cm³/mol. The van der Waals surface area contributed by atoms with E-state index >= 15 is 0 Å². The third-order valence-electron chi connectivity index (χ3n) is 3.75. The molecule has 2 rings (SSSR count). The lowest BCUT2D eigenvalue weighted by Gasteiger charge is -2.26. The van der Waals surface area contributed by atoms with Gasteiger partial charge in [-0.3, -0.25) is 9.59 Å². The molecule has 1 aliphatic rings. The Morgan fingerprint density at radius 1 is 1.37 bits per heavy atom. The maximum atomic E-state index is 12.2. The minimum atomic E-state index is -0.712. The quantitative estimate of drug-likeness (QED) is 0.891. The fourth-order valence-corrected chi connectivity index (χ4v) is 3.45. The molecule has 5 heteroatoms. The highest BCUT2D eigenvalue weighted by Gasteiger charge is 2.27. The first-order valence-electron chi connectivity index (χ1n) is 6.71. The van der Waals surface area contributed by atoms with E-state index in [1.807, 2.05) is 18.4 Å². The van der Waals surface area contributed by atoms with Crippen LogP contribution in [0.15, 0.2) is 11.4 Å². The molecule has 19 heavy (non-hydrogen) atoms. The van der Waals surface area contributed by atoms with Gasteiger partial charge in [-0.2, -0.15) is 0 Å². The Kier molecular flexibility index (Phi) is 4.58. The first kappa shape index (κ1) is 14.1. The van der Waals surface area contributed by atoms with Crippen molar-refractivity contribution in [1.82, 2.24) is 5.32 Å². The summed E-state index contributed by atoms with van der Waals surface area (Å²) in [6, 6.07) is 2.11. The molecule has 0 unspecified atom stereocenters. The third kappa shape index (κ3) is 3.35. The molecular formula is C14H19NO3S. The summed E-state index contributed by atoms with van der Waals surface area (Å²) in [6.45, 7) is 2.04. The fraction of sp³-hybridized carbons (Fsp3) is 0.571. The van der Waals surface area contributed by atoms with E-state index in [-0.39, 0.29) is 17.9 Å². The monoisotopic (exact) mass is 281 g/mol. The van der Waals surface area contributed by atoms with Crippen LogP contribution in [0.4, 0.5) is 0 Å². The second-order valence-electron chi connectivity index (χ2n) is 4.99. The van der Waals surface area contributed by atoms with E-state index in [4.69, 9.17) is 5.11 Å². The number of amides is 1. The Morgan fingerprint density at radius 3 is 2.63 bits per heavy atom. The Bertz CT molecular complexity index is 461. The van der Waals surface area contributed by atoms with Gasteiger partial charge in [-0.1, -0.05) is 6.92 Å². The van der Waals surface area contributed by atoms with Crippen molar-refractivity contribution >= 4 is 23.2 Å². The summed E-state index contributed by atoms with van der Waals surface area (Å²) in [5.74, 6) is -0.956. The van der Waals surface area contributed by atoms with Crippen LogP contribution in [0.25, 0.3) is 0 Å². The molecule has 0 atom stereocenters. The number of aliphatic carboxylic acids is 1. The van der Waals surface area contributed by atoms with Crippen LogP contribution in [0.1, 0.15) is 47.8 Å². The zero-order chi connectivity index (χ0) is 13.8. The summed E-state index contributed by atoms with van der Waals surface area (Å²) >= 11 is 1.47. The Morgan fingerprint density at radius 2 is 2.05 bits per heavy atom. The normalized spacial score (nSPS) is 23.0. The van der Waals surface area contributed by atoms with Gasteiger partial charge in [0.05, 0.1) is 10.8 Å². The molecular weight excluding hydrogens is 262 g/mol. The largest absolute Gasteiger partial charge is 0.481 e. The average Bonchev–Trinajstić information content (AvgIpc) is 2.87. The van der Waals surface area contributed by atoms with Crippen LogP contribution in [0.2, 0.25) is 0 Å². The molecule has 2 N–H and O–H groups in total. The van der Waals surface area contributed by atoms with Gasteiger partial charge in [0.15, 0.2) is 0 Å². The van der Waals surface area contributed by atoms with Crippen LogP contribution >= 0.6 is 11.3 Å². The molecule has 1 aromatic heterocycles. The second-order valence-corrected chi connectivity index (χ2v) is 5.90. The van der Waals surface area contributed by atoms with E-state index in [1.165, 1.54) is 11.3 Å². The Hall–Kier alpha value is -1.36. The molecule has 0 spiro atoms. The van der Waals surface area contributed by atoms with Gasteiger partial charge in [-0.25, -0.2) is 0 Å². The van der Waals surface area contributed by atoms with Gasteiger partial charge in [0.1, 0.15) is 0 Å². The maximum absolute atomic E-state index is 12.2. The highest BCUT2D eigenvalue weighted by Crippen LogP contribution is 2.25. The van der Waals surface area contributed by atoms with Gasteiger partial charge in [-0.15, -0.1) is 11.3 Å². The molecule has 1 fully saturated rings. The number of carbonyl (C=O) groups is 2. The molecule has 0 aliphatic heterocycles. The van der Waals surface area contributed by atoms with Gasteiger partial charge in [-0.05, 0) is 49.1 Å². The van der Waals surface area contributed by atoms with Crippen LogP contribution in [0.3, 0.4) is 0 Å². The SMILES string of the molecule is CCc1ccsc1C(=O)NC1CCC(C(=O)O)CC1. The van der Waals surface area contributed by atoms with Crippen molar-refractivity contribution in [3.05, 3.63) is 21.9 Å². The number of aryl methyl sites for hydroxylation is 1. The average molecular weight is 281 g/mol. The number of nitrogens with one attached hydrogen (secondary N) is 1. The summed E-state index contributed by atoms with van der Waals surface area (Å²) in [5.41, 5.74) is 1.08. The molecule has 4 nitrogen and oxygen atoms in total. The highest BCUT2D eigenvalue weighted by atomic mass is 32.1. The van der Waals surface area contributed by atoms with Crippen molar-refractivity contribution in [2.75, 3.05) is 0 Å². The summed E-state index contributed by atoms with van der Waals surface area (Å²) in [7, 11) is 0. The number of carbonyl (C=O) groups excluding carboxylic acids is 1. The molecule has 0 saturated heterocycles. The van der Waals surface area contributed by atoms with E-state index in [0.29, 0.717) is 12.8 Å². The van der Waals surface area contributed by atoms with Crippen LogP contribution < -0.4 is 5.32 Å². The molecule has 1 aromatic rings. The van der Waals surface area contributed by atoms with Gasteiger partial charge in [0, 0.05) is 6.04 Å². The van der Waals surface area contributed by atoms with Crippen molar-refractivity contribution in [3.8, 4) is 0 Å². The first-order chi connectivity index (χ1) is 9.11. The van der Waals surface area contributed by atoms with Gasteiger partial charge in [0.25, 0.3) is 5.91 Å². The fourth-order valence-electron chi connectivity index (χ4n) is 2.55. The molecule has 104 valence electrons. The van der Waals surface area contributed by atoms with Crippen LogP contribution in [-0.4, -0.2) is 23.0 Å². The summed E-state index contributed by atoms with van der Waals surface area (Å²) < 4.78 is 0. The number of carboxylic acid groups (broad SMARTS) is 1. The summed E-state index contributed by atoms with van der Waals surface area (Å²) in [4.78, 5) is 23.8. The summed E-state index contributed by atoms with van der Waals surface area (Å²) in [5, 5.41) is 13.9. The topological polar surface area (TPSA) is 66.4 Å². The van der Waals surface area contributed by atoms with Gasteiger partial charge in [0.2, 0.25) is 0 Å². The standard InChI is InChI=1S/C14H19NO3S/c1-2-9-7-8-19-12(9)13(16)15-11-5-3-10(4-6-11)14(17)18/h7-8,10-11H,2-6H2,1H3,(H,15,16)(H,17,18). The zero-order valence-corrected chi connectivity index (χ0v) is 11.8. The minimum Gasteiger partial charge on any atom is -0.481 e. The molecule has 0 bridgehead atoms. The minimum absolute atomic E-state index is 0.00868. The van der Waals surface area contributed by atoms with E-state index < -0.39 is 5.97 Å². The first-order valence-corrected chi connectivity index (χ1v) is 7.59. The number of rotatable bonds is 4. The zero-order valence-electron chi connectivity index (χ0n) is 11.0. The van der Waals surface area contributed by atoms with Gasteiger partial charge >= 0.3 is 5.97 Å². The van der Waals surface area contributed by atoms with E-state index in [9.17, 15) is 9.59 Å². The van der Waals surface area contributed by atoms with Gasteiger partial charge < -0.3 is 10.4 Å². The Labute approximate surface area is 116 Å². The van der Waals surface area contributed by atoms with E-state index in [2.05, 4.69) is 5.32 Å². The van der Waals surface area contributed by atoms with Crippen molar-refractivity contribution in [2.45, 2.75) is 45.1 Å². The molecule has 0 radical (unpaired) electrons. The van der Waals surface area contributed by atoms with E-state index in [1.54, 1.807) is 0 Å². The lowest BCUT2D eigenvalue weighted by molar-refractivity contribution is -0.142. The lowest BCUT2D eigenvalue weighted by Crippen LogP contribution is -2.38. The summed E-state index contributed by atoms with van der Waals surface area (Å²) in [6.07, 6.45) is 3.69. The number of hydrogen-bond donors (Lipinski definition) is 2. The molecule has 1 saturated carbocycles. The van der Waals surface area contributed by atoms with Crippen LogP contribution in [-0.2, 0) is 11.2 Å². The van der Waals surface area contributed by atoms with Crippen molar-refractivity contribution < 1.29 is 14.7 Å². The number of carboxylic acids is 1. The lowest BCUT2D eigenvalue weighted by atomic mass is 9.86. The maximum Gasteiger partial charge on any atom is 0.306 e. The van der Waals surface area contributed by atoms with Crippen molar-refractivity contribution in [2.24, 2.45) is 5.92 Å². The molecule has 1 aliphatic carbocycles. The number of hydrogen-bond acceptors (Lipinski definition) is 3. The van der Waals surface area contributed by atoms with Crippen molar-refractivity contribution in [1.29, 1.82) is 0 Å². The van der Waals surface area contributed by atoms with Crippen LogP contribution in [0.5, 0.6) is 0 Å². The van der Waals surface area contributed by atoms with Crippen LogP contribution in [0, 0.1) is 5.92 Å². The molecule has 0 aromatic carbocycles. The third-order valence-corrected chi connectivity index (χ3v) is 4.70. The second kappa shape index (κ2) is 6.19. The smallest absolute Gasteiger partial charge is 0.306 e. The van der Waals surface area contributed by atoms with E-state index in [0.717, 1.165) is 29.7 Å². The number of thiophene rings is 1.